The number of rotatable bonds is 15. The summed E-state index contributed by atoms with van der Waals surface area (Å²) in [6.45, 7) is 24.6. The van der Waals surface area contributed by atoms with Gasteiger partial charge in [0.15, 0.2) is 34.4 Å². The average Bonchev–Trinajstić information content (AvgIpc) is 4.28. The molecular weight excluding hydrogens is 1050 g/mol. The number of aryl methyl sites for hydroxylation is 2. The molecule has 0 aromatic carbocycles. The number of carbonyl (C=O) groups is 2. The number of Topliss-reactive ketones (excluding diaryl/α,β-unsaturated/α-hetero) is 2. The Hall–Kier alpha value is -7.51. The zero-order chi connectivity index (χ0) is 55.8. The number of ether oxygens (including phenoxy) is 4. The minimum atomic E-state index is -0.730. The Morgan fingerprint density at radius 2 is 1.10 bits per heavy atom. The monoisotopic (exact) mass is 1110 g/mol. The van der Waals surface area contributed by atoms with Crippen LogP contribution in [-0.2, 0) is 57.0 Å². The highest BCUT2D eigenvalue weighted by atomic mass is 35.5. The molecule has 2 aliphatic carbocycles. The van der Waals surface area contributed by atoms with Crippen LogP contribution in [0.25, 0.3) is 27.2 Å². The molecule has 2 spiro atoms. The number of nitrogens with zero attached hydrogens (tertiary/aromatic N) is 13. The summed E-state index contributed by atoms with van der Waals surface area (Å²) < 4.78 is 30.8. The van der Waals surface area contributed by atoms with Crippen LogP contribution < -0.4 is 20.1 Å². The van der Waals surface area contributed by atoms with Crippen molar-refractivity contribution in [1.82, 2.24) is 58.6 Å². The van der Waals surface area contributed by atoms with Gasteiger partial charge in [0.2, 0.25) is 11.9 Å². The van der Waals surface area contributed by atoms with E-state index < -0.39 is 5.54 Å². The van der Waals surface area contributed by atoms with Gasteiger partial charge in [-0.15, -0.1) is 0 Å². The Labute approximate surface area is 466 Å². The maximum atomic E-state index is 11.5. The molecule has 2 saturated carbocycles. The molecule has 4 aliphatic rings. The summed E-state index contributed by atoms with van der Waals surface area (Å²) in [6, 6.07) is 11.5. The topological polar surface area (TPSA) is 222 Å². The van der Waals surface area contributed by atoms with E-state index in [4.69, 9.17) is 58.9 Å². The molecule has 410 valence electrons. The fraction of sp³-hybridized carbons (Fsp3) is 0.446. The van der Waals surface area contributed by atoms with Crippen LogP contribution in [0.3, 0.4) is 0 Å². The van der Waals surface area contributed by atoms with Gasteiger partial charge in [-0.2, -0.15) is 20.2 Å². The van der Waals surface area contributed by atoms with Crippen molar-refractivity contribution in [3.8, 4) is 23.0 Å². The predicted molar refractivity (Wildman–Crippen MR) is 297 cm³/mol. The van der Waals surface area contributed by atoms with Gasteiger partial charge in [-0.1, -0.05) is 44.0 Å². The Morgan fingerprint density at radius 3 is 1.48 bits per heavy atom. The lowest BCUT2D eigenvalue weighted by atomic mass is 9.64. The van der Waals surface area contributed by atoms with E-state index in [0.717, 1.165) is 63.6 Å². The van der Waals surface area contributed by atoms with Crippen molar-refractivity contribution >= 4 is 80.6 Å². The Bertz CT molecular complexity index is 3730. The zero-order valence-electron chi connectivity index (χ0n) is 45.5. The lowest BCUT2D eigenvalue weighted by molar-refractivity contribution is -0.176. The first-order valence-corrected chi connectivity index (χ1v) is 26.9. The molecule has 12 rings (SSSR count). The lowest BCUT2D eigenvalue weighted by Crippen LogP contribution is -2.53. The highest BCUT2D eigenvalue weighted by Crippen LogP contribution is 2.55. The van der Waals surface area contributed by atoms with Crippen molar-refractivity contribution in [2.75, 3.05) is 37.1 Å². The van der Waals surface area contributed by atoms with Crippen LogP contribution in [0.4, 0.5) is 23.5 Å². The molecule has 21 nitrogen and oxygen atoms in total. The lowest BCUT2D eigenvalue weighted by Gasteiger charge is -2.53. The van der Waals surface area contributed by atoms with E-state index in [1.54, 1.807) is 47.4 Å². The van der Waals surface area contributed by atoms with Gasteiger partial charge in [-0.25, -0.2) is 16.5 Å². The number of fused-ring (bicyclic) bond motifs is 2. The number of hydrogen-bond acceptors (Lipinski definition) is 16. The van der Waals surface area contributed by atoms with Crippen LogP contribution in [0.1, 0.15) is 109 Å². The number of halogens is 2. The average molecular weight is 1110 g/mol. The number of anilines is 4. The van der Waals surface area contributed by atoms with Crippen LogP contribution in [0.2, 0.25) is 10.0 Å². The van der Waals surface area contributed by atoms with Gasteiger partial charge in [-0.3, -0.25) is 28.9 Å². The number of aromatic nitrogens is 12. The van der Waals surface area contributed by atoms with Gasteiger partial charge in [0.05, 0.1) is 62.3 Å². The molecule has 0 radical (unpaired) electrons. The second-order valence-electron chi connectivity index (χ2n) is 23.1. The molecule has 0 atom stereocenters. The highest BCUT2D eigenvalue weighted by Gasteiger charge is 2.53. The summed E-state index contributed by atoms with van der Waals surface area (Å²) in [5.74, 6) is 4.21. The van der Waals surface area contributed by atoms with Crippen LogP contribution in [0, 0.1) is 17.4 Å². The fourth-order valence-electron chi connectivity index (χ4n) is 10.8. The van der Waals surface area contributed by atoms with Crippen molar-refractivity contribution < 1.29 is 28.5 Å². The first-order valence-electron chi connectivity index (χ1n) is 26.1. The Morgan fingerprint density at radius 1 is 0.684 bits per heavy atom. The third-order valence-electron chi connectivity index (χ3n) is 15.1. The van der Waals surface area contributed by atoms with E-state index >= 15 is 0 Å². The molecule has 79 heavy (non-hydrogen) atoms. The van der Waals surface area contributed by atoms with E-state index in [2.05, 4.69) is 76.9 Å². The van der Waals surface area contributed by atoms with Gasteiger partial charge in [0, 0.05) is 99.4 Å². The van der Waals surface area contributed by atoms with E-state index in [9.17, 15) is 9.59 Å². The Kier molecular flexibility index (Phi) is 13.7. The number of ketones is 2. The third-order valence-corrected chi connectivity index (χ3v) is 15.9. The zero-order valence-corrected chi connectivity index (χ0v) is 47.0. The second-order valence-corrected chi connectivity index (χ2v) is 23.9. The molecule has 8 aromatic heterocycles. The molecule has 0 unspecified atom stereocenters. The fourth-order valence-corrected chi connectivity index (χ4v) is 11.4. The molecule has 8 aromatic rings. The number of carbonyl (C=O) groups excluding carboxylic acids is 2. The summed E-state index contributed by atoms with van der Waals surface area (Å²) in [4.78, 5) is 53.5. The van der Waals surface area contributed by atoms with E-state index in [-0.39, 0.29) is 41.3 Å². The molecule has 0 bridgehead atoms. The maximum absolute atomic E-state index is 11.5. The predicted octanol–water partition coefficient (Wildman–Crippen LogP) is 10.9. The maximum Gasteiger partial charge on any atom is 0.268 e. The highest BCUT2D eigenvalue weighted by molar-refractivity contribution is 6.36. The standard InChI is InChI=1S/C28H29ClN8O3.C28H32ClN7O3/c1-16(38)8-17-9-19(6-7-31-17)40-20-13-32-25-24(23(20)29)36(5)26(34-25)33-22-10-21(27(2,3)30-4)37(35-22)18-11-28(12-18)14-39-15-28;1-16(37)8-17-9-19(6-7-30-17)39-20-13-31-25-24(23(20)29)35(5)26(33-25)32-22-10-21(27(2,3)4)36(34-22)18-11-28(12-18)14-38-15-28/h6-7,9-10,13,18H,8,11-12,14-15H2,1-3,5H3,(H,32,33,34,35);6-7,9-10,13,18H,8,11-12,14-15H2,1-5H3,(H,31,32,33,34). The minimum Gasteiger partial charge on any atom is -0.454 e. The summed E-state index contributed by atoms with van der Waals surface area (Å²) in [5.41, 5.74) is 5.27. The molecule has 2 N–H and O–H groups in total. The summed E-state index contributed by atoms with van der Waals surface area (Å²) in [7, 11) is 3.71. The van der Waals surface area contributed by atoms with Crippen molar-refractivity contribution in [3.63, 3.8) is 0 Å². The largest absolute Gasteiger partial charge is 0.454 e. The SMILES string of the molecule is CC(=O)Cc1cc(Oc2cnc3nc(Nc4cc(C(C)(C)C)n(C5CC6(COC6)C5)n4)n(C)c3c2Cl)ccn1.[C-]#[N+]C(C)(C)c1cc(Nc2nc3ncc(Oc4ccnc(CC(C)=O)c4)c(Cl)c3n2C)nn1C1CC2(COC2)C1. The van der Waals surface area contributed by atoms with Gasteiger partial charge in [0.25, 0.3) is 5.54 Å². The summed E-state index contributed by atoms with van der Waals surface area (Å²) in [6.07, 6.45) is 10.9. The molecular formula is C56H61Cl2N15O6. The van der Waals surface area contributed by atoms with Gasteiger partial charge in [0.1, 0.15) is 49.8 Å². The van der Waals surface area contributed by atoms with Gasteiger partial charge >= 0.3 is 0 Å². The molecule has 2 saturated heterocycles. The number of nitrogens with one attached hydrogen (secondary N) is 2. The van der Waals surface area contributed by atoms with Crippen molar-refractivity contribution in [1.29, 1.82) is 0 Å². The third kappa shape index (κ3) is 10.5. The summed E-state index contributed by atoms with van der Waals surface area (Å²) in [5, 5.41) is 17.2. The number of hydrogen-bond donors (Lipinski definition) is 2. The van der Waals surface area contributed by atoms with Crippen LogP contribution in [0.5, 0.6) is 23.0 Å². The number of imidazole rings is 2. The van der Waals surface area contributed by atoms with Crippen molar-refractivity contribution in [2.45, 2.75) is 110 Å². The molecule has 23 heteroatoms. The van der Waals surface area contributed by atoms with Crippen molar-refractivity contribution in [3.05, 3.63) is 105 Å². The van der Waals surface area contributed by atoms with Crippen molar-refractivity contribution in [2.24, 2.45) is 24.9 Å². The molecule has 2 aliphatic heterocycles. The van der Waals surface area contributed by atoms with E-state index in [1.807, 2.05) is 43.3 Å². The van der Waals surface area contributed by atoms with Gasteiger partial charge < -0.3 is 43.6 Å². The first kappa shape index (κ1) is 53.5. The normalized spacial score (nSPS) is 17.3. The Balaban J connectivity index is 0.000000167. The van der Waals surface area contributed by atoms with E-state index in [1.165, 1.54) is 25.7 Å². The molecule has 4 fully saturated rings. The quantitative estimate of drug-likeness (QED) is 0.0911. The second kappa shape index (κ2) is 20.3. The molecule has 0 amide bonds. The van der Waals surface area contributed by atoms with Crippen LogP contribution in [0.15, 0.2) is 61.2 Å². The first-order chi connectivity index (χ1) is 37.6. The van der Waals surface area contributed by atoms with E-state index in [0.29, 0.717) is 95.9 Å². The van der Waals surface area contributed by atoms with Crippen LogP contribution >= 0.6 is 23.2 Å². The minimum absolute atomic E-state index is 0.0138. The summed E-state index contributed by atoms with van der Waals surface area (Å²) >= 11 is 13.6. The van der Waals surface area contributed by atoms with Crippen LogP contribution in [-0.4, -0.2) is 96.6 Å². The molecule has 10 heterocycles. The number of pyridine rings is 4. The van der Waals surface area contributed by atoms with Gasteiger partial charge in [-0.05, 0) is 51.7 Å². The smallest absolute Gasteiger partial charge is 0.268 e.